The Morgan fingerprint density at radius 2 is 1.02 bits per heavy atom. The summed E-state index contributed by atoms with van der Waals surface area (Å²) in [6.07, 6.45) is 38.9. The third kappa shape index (κ3) is 28.3. The SMILES string of the molecule is CCCCCCCCC(CCCCCCCC)OC(CCCCCCCC)(CCCCCCCC)OC(=O)CCCCCCCOC(=O)[C@@H]1C[C@@H](O)CN1. The average Bonchev–Trinajstić information content (AvgIpc) is 3.61. The highest BCUT2D eigenvalue weighted by Crippen LogP contribution is 2.34. The predicted octanol–water partition coefficient (Wildman–Crippen LogP) is 13.2. The van der Waals surface area contributed by atoms with Crippen molar-refractivity contribution in [3.63, 3.8) is 0 Å². The Morgan fingerprint density at radius 1 is 0.593 bits per heavy atom. The maximum Gasteiger partial charge on any atom is 0.323 e. The van der Waals surface area contributed by atoms with Crippen LogP contribution in [0.15, 0.2) is 0 Å². The first kappa shape index (κ1) is 50.8. The van der Waals surface area contributed by atoms with E-state index in [1.165, 1.54) is 141 Å². The molecule has 2 N–H and O–H groups in total. The van der Waals surface area contributed by atoms with Crippen molar-refractivity contribution >= 4 is 11.9 Å². The maximum atomic E-state index is 13.7. The van der Waals surface area contributed by atoms with Crippen LogP contribution >= 0.6 is 0 Å². The Hall–Kier alpha value is -1.18. The van der Waals surface area contributed by atoms with Gasteiger partial charge in [-0.15, -0.1) is 0 Å². The minimum atomic E-state index is -0.810. The number of hydrogen-bond acceptors (Lipinski definition) is 7. The summed E-state index contributed by atoms with van der Waals surface area (Å²) >= 11 is 0. The third-order valence-electron chi connectivity index (χ3n) is 11.4. The van der Waals surface area contributed by atoms with Crippen LogP contribution in [-0.2, 0) is 23.8 Å². The molecule has 0 radical (unpaired) electrons. The molecule has 0 aromatic rings. The molecule has 0 saturated carbocycles. The van der Waals surface area contributed by atoms with E-state index in [1.807, 2.05) is 0 Å². The average molecular weight is 766 g/mol. The lowest BCUT2D eigenvalue weighted by molar-refractivity contribution is -0.259. The Balaban J connectivity index is 2.88. The van der Waals surface area contributed by atoms with Gasteiger partial charge in [0.25, 0.3) is 0 Å². The van der Waals surface area contributed by atoms with Crippen LogP contribution < -0.4 is 5.32 Å². The van der Waals surface area contributed by atoms with Gasteiger partial charge in [-0.2, -0.15) is 0 Å². The van der Waals surface area contributed by atoms with Gasteiger partial charge in [-0.05, 0) is 38.5 Å². The van der Waals surface area contributed by atoms with Crippen LogP contribution in [0.3, 0.4) is 0 Å². The van der Waals surface area contributed by atoms with Crippen molar-refractivity contribution in [1.29, 1.82) is 0 Å². The van der Waals surface area contributed by atoms with Gasteiger partial charge in [0.15, 0.2) is 0 Å². The third-order valence-corrected chi connectivity index (χ3v) is 11.4. The van der Waals surface area contributed by atoms with E-state index in [1.54, 1.807) is 0 Å². The highest BCUT2D eigenvalue weighted by Gasteiger charge is 2.37. The molecule has 2 atom stereocenters. The van der Waals surface area contributed by atoms with Crippen LogP contribution in [0.2, 0.25) is 0 Å². The second-order valence-electron chi connectivity index (χ2n) is 16.8. The quantitative estimate of drug-likeness (QED) is 0.0364. The molecule has 0 aromatic heterocycles. The first-order chi connectivity index (χ1) is 26.4. The molecule has 54 heavy (non-hydrogen) atoms. The van der Waals surface area contributed by atoms with Crippen molar-refractivity contribution < 1.29 is 28.9 Å². The molecule has 0 amide bonds. The molecular weight excluding hydrogens is 675 g/mol. The summed E-state index contributed by atoms with van der Waals surface area (Å²) in [6.45, 7) is 9.96. The molecule has 0 spiro atoms. The summed E-state index contributed by atoms with van der Waals surface area (Å²) in [7, 11) is 0. The summed E-state index contributed by atoms with van der Waals surface area (Å²) in [6, 6.07) is -0.384. The van der Waals surface area contributed by atoms with Crippen LogP contribution in [0, 0.1) is 0 Å². The number of nitrogens with one attached hydrogen (secondary N) is 1. The van der Waals surface area contributed by atoms with Gasteiger partial charge in [0.05, 0.1) is 18.8 Å². The maximum absolute atomic E-state index is 13.7. The van der Waals surface area contributed by atoms with Crippen LogP contribution in [0.25, 0.3) is 0 Å². The van der Waals surface area contributed by atoms with Gasteiger partial charge in [0.2, 0.25) is 5.79 Å². The Morgan fingerprint density at radius 3 is 1.48 bits per heavy atom. The number of aliphatic hydroxyl groups excluding tert-OH is 1. The number of rotatable bonds is 40. The number of unbranched alkanes of at least 4 members (excludes halogenated alkanes) is 24. The summed E-state index contributed by atoms with van der Waals surface area (Å²) in [4.78, 5) is 25.9. The molecule has 1 heterocycles. The highest BCUT2D eigenvalue weighted by molar-refractivity contribution is 5.76. The van der Waals surface area contributed by atoms with Crippen molar-refractivity contribution in [2.75, 3.05) is 13.2 Å². The molecule has 7 heteroatoms. The molecule has 1 aliphatic heterocycles. The molecule has 0 unspecified atom stereocenters. The fraction of sp³-hybridized carbons (Fsp3) is 0.957. The van der Waals surface area contributed by atoms with Crippen molar-refractivity contribution in [3.05, 3.63) is 0 Å². The summed E-state index contributed by atoms with van der Waals surface area (Å²) in [5.74, 6) is -1.16. The molecule has 320 valence electrons. The van der Waals surface area contributed by atoms with Crippen LogP contribution in [0.4, 0.5) is 0 Å². The number of carbonyl (C=O) groups excluding carboxylic acids is 2. The van der Waals surface area contributed by atoms with Gasteiger partial charge in [-0.1, -0.05) is 188 Å². The molecule has 0 aliphatic carbocycles. The highest BCUT2D eigenvalue weighted by atomic mass is 16.7. The number of carbonyl (C=O) groups is 2. The van der Waals surface area contributed by atoms with E-state index < -0.39 is 11.9 Å². The fourth-order valence-electron chi connectivity index (χ4n) is 7.92. The molecule has 1 fully saturated rings. The van der Waals surface area contributed by atoms with Crippen LogP contribution in [0.1, 0.15) is 252 Å². The van der Waals surface area contributed by atoms with Crippen molar-refractivity contribution in [3.8, 4) is 0 Å². The second-order valence-corrected chi connectivity index (χ2v) is 16.8. The van der Waals surface area contributed by atoms with Crippen LogP contribution in [-0.4, -0.2) is 54.2 Å². The largest absolute Gasteiger partial charge is 0.465 e. The van der Waals surface area contributed by atoms with Gasteiger partial charge in [-0.25, -0.2) is 0 Å². The lowest BCUT2D eigenvalue weighted by atomic mass is 9.97. The molecule has 1 saturated heterocycles. The zero-order valence-corrected chi connectivity index (χ0v) is 36.4. The first-order valence-electron chi connectivity index (χ1n) is 23.9. The number of hydrogen-bond donors (Lipinski definition) is 2. The van der Waals surface area contributed by atoms with Gasteiger partial charge >= 0.3 is 11.9 Å². The monoisotopic (exact) mass is 766 g/mol. The zero-order valence-electron chi connectivity index (χ0n) is 36.4. The number of β-amino-alcohol motifs (C(OH)–C–C–N with tert-alkyl or cyclic N) is 1. The molecule has 7 nitrogen and oxygen atoms in total. The molecular formula is C47H91NO6. The molecule has 0 bridgehead atoms. The summed E-state index contributed by atoms with van der Waals surface area (Å²) in [5, 5.41) is 12.7. The van der Waals surface area contributed by atoms with E-state index in [0.29, 0.717) is 26.0 Å². The Kier molecular flexibility index (Phi) is 34.1. The van der Waals surface area contributed by atoms with E-state index >= 15 is 0 Å². The smallest absolute Gasteiger partial charge is 0.323 e. The molecule has 0 aromatic carbocycles. The van der Waals surface area contributed by atoms with Crippen LogP contribution in [0.5, 0.6) is 0 Å². The van der Waals surface area contributed by atoms with E-state index in [2.05, 4.69) is 33.0 Å². The summed E-state index contributed by atoms with van der Waals surface area (Å²) in [5.41, 5.74) is 0. The number of esters is 2. The van der Waals surface area contributed by atoms with E-state index in [4.69, 9.17) is 14.2 Å². The van der Waals surface area contributed by atoms with E-state index in [9.17, 15) is 14.7 Å². The van der Waals surface area contributed by atoms with E-state index in [0.717, 1.165) is 70.6 Å². The summed E-state index contributed by atoms with van der Waals surface area (Å²) < 4.78 is 19.3. The normalized spacial score (nSPS) is 16.0. The van der Waals surface area contributed by atoms with Gasteiger partial charge in [-0.3, -0.25) is 9.59 Å². The van der Waals surface area contributed by atoms with Crippen molar-refractivity contribution in [2.24, 2.45) is 0 Å². The van der Waals surface area contributed by atoms with Crippen molar-refractivity contribution in [2.45, 2.75) is 276 Å². The lowest BCUT2D eigenvalue weighted by Crippen LogP contribution is -2.42. The first-order valence-corrected chi connectivity index (χ1v) is 23.9. The minimum absolute atomic E-state index is 0.0926. The number of ether oxygens (including phenoxy) is 3. The minimum Gasteiger partial charge on any atom is -0.465 e. The van der Waals surface area contributed by atoms with E-state index in [-0.39, 0.29) is 24.1 Å². The molecule has 1 aliphatic rings. The molecule has 1 rings (SSSR count). The topological polar surface area (TPSA) is 94.1 Å². The van der Waals surface area contributed by atoms with Gasteiger partial charge in [0, 0.05) is 32.2 Å². The lowest BCUT2D eigenvalue weighted by Gasteiger charge is -2.37. The standard InChI is InChI=1S/C47H91NO6/c1-5-9-13-17-22-28-34-43(35-29-23-18-14-10-6-2)53-47(37-31-25-19-15-11-7-3,38-32-26-20-16-12-8-4)54-45(50)36-30-24-21-27-33-39-52-46(51)44-40-42(49)41-48-44/h42-44,48-49H,5-41H2,1-4H3/t42-,44+/m1/s1. The van der Waals surface area contributed by atoms with Crippen molar-refractivity contribution in [1.82, 2.24) is 5.32 Å². The van der Waals surface area contributed by atoms with Gasteiger partial charge in [0.1, 0.15) is 6.04 Å². The predicted molar refractivity (Wildman–Crippen MR) is 227 cm³/mol. The van der Waals surface area contributed by atoms with Gasteiger partial charge < -0.3 is 24.6 Å². The Bertz CT molecular complexity index is 820. The fourth-order valence-corrected chi connectivity index (χ4v) is 7.92. The zero-order chi connectivity index (χ0) is 39.4. The Labute approximate surface area is 335 Å². The second kappa shape index (κ2) is 36.2. The number of aliphatic hydroxyl groups is 1.